The lowest BCUT2D eigenvalue weighted by atomic mass is 9.89. The van der Waals surface area contributed by atoms with E-state index >= 15 is 0 Å². The summed E-state index contributed by atoms with van der Waals surface area (Å²) >= 11 is 5.96. The molecule has 0 aliphatic heterocycles. The van der Waals surface area contributed by atoms with Gasteiger partial charge in [0.15, 0.2) is 0 Å². The number of nitrogens with one attached hydrogen (secondary N) is 1. The van der Waals surface area contributed by atoms with Gasteiger partial charge in [0.2, 0.25) is 0 Å². The van der Waals surface area contributed by atoms with Gasteiger partial charge in [-0.25, -0.2) is 8.42 Å². The lowest BCUT2D eigenvalue weighted by Crippen LogP contribution is -2.30. The maximum Gasteiger partial charge on any atom is 0.261 e. The van der Waals surface area contributed by atoms with Crippen LogP contribution in [0.5, 0.6) is 0 Å². The van der Waals surface area contributed by atoms with Gasteiger partial charge in [-0.15, -0.1) is 0 Å². The third-order valence-corrected chi connectivity index (χ3v) is 5.42. The van der Waals surface area contributed by atoms with Crippen LogP contribution in [0.15, 0.2) is 23.1 Å². The molecule has 1 saturated carbocycles. The molecule has 0 spiro atoms. The molecule has 0 atom stereocenters. The minimum absolute atomic E-state index is 0.128. The number of hydrogen-bond acceptors (Lipinski definition) is 3. The monoisotopic (exact) mass is 349 g/mol. The molecule has 0 heterocycles. The number of rotatable bonds is 4. The number of carbonyl (C=O) groups excluding carboxylic acids is 1. The van der Waals surface area contributed by atoms with Crippen molar-refractivity contribution < 1.29 is 13.2 Å². The lowest BCUT2D eigenvalue weighted by molar-refractivity contribution is 0.0943. The second-order valence-electron chi connectivity index (χ2n) is 5.29. The van der Waals surface area contributed by atoms with Crippen LogP contribution in [0.3, 0.4) is 0 Å². The Morgan fingerprint density at radius 2 is 1.90 bits per heavy atom. The van der Waals surface area contributed by atoms with Crippen molar-refractivity contribution in [1.82, 2.24) is 5.32 Å². The van der Waals surface area contributed by atoms with E-state index in [1.54, 1.807) is 0 Å². The van der Waals surface area contributed by atoms with Gasteiger partial charge in [-0.3, -0.25) is 4.79 Å². The average molecular weight is 350 g/mol. The molecule has 0 unspecified atom stereocenters. The number of halogens is 2. The summed E-state index contributed by atoms with van der Waals surface area (Å²) in [7, 11) is 1.41. The largest absolute Gasteiger partial charge is 0.352 e. The highest BCUT2D eigenvalue weighted by molar-refractivity contribution is 8.13. The second kappa shape index (κ2) is 6.99. The topological polar surface area (TPSA) is 63.2 Å². The van der Waals surface area contributed by atoms with Crippen LogP contribution in [0, 0.1) is 5.92 Å². The molecule has 1 aromatic carbocycles. The Kier molecular flexibility index (Phi) is 5.52. The molecule has 2 rings (SSSR count). The van der Waals surface area contributed by atoms with Crippen LogP contribution in [-0.2, 0) is 9.05 Å². The quantitative estimate of drug-likeness (QED) is 0.845. The molecule has 0 saturated heterocycles. The van der Waals surface area contributed by atoms with Crippen LogP contribution in [0.4, 0.5) is 0 Å². The minimum atomic E-state index is -3.88. The number of amides is 1. The first-order valence-corrected chi connectivity index (χ1v) is 9.59. The predicted molar refractivity (Wildman–Crippen MR) is 83.4 cm³/mol. The summed E-state index contributed by atoms with van der Waals surface area (Å²) in [6, 6.07) is 3.86. The molecule has 1 fully saturated rings. The van der Waals surface area contributed by atoms with E-state index in [4.69, 9.17) is 22.3 Å². The zero-order chi connectivity index (χ0) is 15.5. The van der Waals surface area contributed by atoms with Gasteiger partial charge in [-0.05, 0) is 37.0 Å². The minimum Gasteiger partial charge on any atom is -0.352 e. The molecule has 0 bridgehead atoms. The fourth-order valence-electron chi connectivity index (χ4n) is 2.55. The zero-order valence-electron chi connectivity index (χ0n) is 11.4. The van der Waals surface area contributed by atoms with Crippen molar-refractivity contribution in [3.05, 3.63) is 28.8 Å². The van der Waals surface area contributed by atoms with E-state index in [0.717, 1.165) is 12.8 Å². The second-order valence-corrected chi connectivity index (χ2v) is 8.27. The van der Waals surface area contributed by atoms with E-state index in [9.17, 15) is 13.2 Å². The van der Waals surface area contributed by atoms with Gasteiger partial charge in [0.1, 0.15) is 0 Å². The molecule has 116 valence electrons. The summed E-state index contributed by atoms with van der Waals surface area (Å²) in [5.74, 6) is 0.120. The third-order valence-electron chi connectivity index (χ3n) is 3.74. The normalized spacial score (nSPS) is 16.7. The Morgan fingerprint density at radius 1 is 1.24 bits per heavy atom. The number of hydrogen-bond donors (Lipinski definition) is 1. The molecule has 21 heavy (non-hydrogen) atoms. The third kappa shape index (κ3) is 4.59. The SMILES string of the molecule is O=C(NCC1CCCCC1)c1cc(S(=O)(=O)Cl)ccc1Cl. The zero-order valence-corrected chi connectivity index (χ0v) is 13.8. The van der Waals surface area contributed by atoms with E-state index in [1.807, 2.05) is 0 Å². The van der Waals surface area contributed by atoms with Crippen molar-refractivity contribution in [1.29, 1.82) is 0 Å². The predicted octanol–water partition coefficient (Wildman–Crippen LogP) is 3.58. The van der Waals surface area contributed by atoms with Crippen LogP contribution >= 0.6 is 22.3 Å². The molecule has 1 aliphatic carbocycles. The van der Waals surface area contributed by atoms with Crippen molar-refractivity contribution >= 4 is 37.2 Å². The van der Waals surface area contributed by atoms with Crippen LogP contribution in [0.2, 0.25) is 5.02 Å². The van der Waals surface area contributed by atoms with Crippen LogP contribution < -0.4 is 5.32 Å². The Hall–Kier alpha value is -0.780. The maximum absolute atomic E-state index is 12.2. The van der Waals surface area contributed by atoms with Gasteiger partial charge in [0, 0.05) is 17.2 Å². The smallest absolute Gasteiger partial charge is 0.261 e. The van der Waals surface area contributed by atoms with Gasteiger partial charge < -0.3 is 5.32 Å². The van der Waals surface area contributed by atoms with E-state index in [-0.39, 0.29) is 21.4 Å². The number of benzene rings is 1. The van der Waals surface area contributed by atoms with E-state index in [0.29, 0.717) is 12.5 Å². The highest BCUT2D eigenvalue weighted by atomic mass is 35.7. The van der Waals surface area contributed by atoms with Crippen LogP contribution in [0.1, 0.15) is 42.5 Å². The van der Waals surface area contributed by atoms with Crippen LogP contribution in [0.25, 0.3) is 0 Å². The molecular formula is C14H17Cl2NO3S. The summed E-state index contributed by atoms with van der Waals surface area (Å²) in [6.07, 6.45) is 5.88. The highest BCUT2D eigenvalue weighted by Gasteiger charge is 2.18. The first-order chi connectivity index (χ1) is 9.88. The highest BCUT2D eigenvalue weighted by Crippen LogP contribution is 2.24. The first kappa shape index (κ1) is 16.6. The molecular weight excluding hydrogens is 333 g/mol. The van der Waals surface area contributed by atoms with Gasteiger partial charge >= 0.3 is 0 Å². The summed E-state index contributed by atoms with van der Waals surface area (Å²) in [4.78, 5) is 12.0. The van der Waals surface area contributed by atoms with Crippen molar-refractivity contribution in [3.8, 4) is 0 Å². The Morgan fingerprint density at radius 3 is 2.52 bits per heavy atom. The standard InChI is InChI=1S/C14H17Cl2NO3S/c15-13-7-6-11(21(16,19)20)8-12(13)14(18)17-9-10-4-2-1-3-5-10/h6-8,10H,1-5,9H2,(H,17,18). The summed E-state index contributed by atoms with van der Waals surface area (Å²) in [5, 5.41) is 3.04. The summed E-state index contributed by atoms with van der Waals surface area (Å²) < 4.78 is 22.6. The first-order valence-electron chi connectivity index (χ1n) is 6.90. The average Bonchev–Trinajstić information content (AvgIpc) is 2.45. The van der Waals surface area contributed by atoms with E-state index in [1.165, 1.54) is 37.5 Å². The van der Waals surface area contributed by atoms with Crippen molar-refractivity contribution in [2.75, 3.05) is 6.54 Å². The Bertz CT molecular complexity index is 625. The number of carbonyl (C=O) groups is 1. The molecule has 4 nitrogen and oxygen atoms in total. The Labute approximate surface area is 134 Å². The van der Waals surface area contributed by atoms with Gasteiger partial charge in [-0.1, -0.05) is 30.9 Å². The van der Waals surface area contributed by atoms with E-state index < -0.39 is 9.05 Å². The fourth-order valence-corrected chi connectivity index (χ4v) is 3.53. The summed E-state index contributed by atoms with van der Waals surface area (Å²) in [6.45, 7) is 0.590. The molecule has 1 N–H and O–H groups in total. The lowest BCUT2D eigenvalue weighted by Gasteiger charge is -2.21. The molecule has 1 aliphatic rings. The van der Waals surface area contributed by atoms with Gasteiger partial charge in [0.05, 0.1) is 15.5 Å². The summed E-state index contributed by atoms with van der Waals surface area (Å²) in [5.41, 5.74) is 0.134. The molecule has 1 aromatic rings. The van der Waals surface area contributed by atoms with E-state index in [2.05, 4.69) is 5.32 Å². The molecule has 0 aromatic heterocycles. The molecule has 0 radical (unpaired) electrons. The van der Waals surface area contributed by atoms with Crippen LogP contribution in [-0.4, -0.2) is 20.9 Å². The molecule has 1 amide bonds. The molecule has 7 heteroatoms. The van der Waals surface area contributed by atoms with Gasteiger partial charge in [-0.2, -0.15) is 0 Å². The maximum atomic E-state index is 12.2. The van der Waals surface area contributed by atoms with Crippen molar-refractivity contribution in [2.45, 2.75) is 37.0 Å². The van der Waals surface area contributed by atoms with Crippen molar-refractivity contribution in [3.63, 3.8) is 0 Å². The Balaban J connectivity index is 2.07. The fraction of sp³-hybridized carbons (Fsp3) is 0.500. The van der Waals surface area contributed by atoms with Gasteiger partial charge in [0.25, 0.3) is 15.0 Å². The van der Waals surface area contributed by atoms with Crippen molar-refractivity contribution in [2.24, 2.45) is 5.92 Å².